The molecule has 6 N–H and O–H groups in total. The molecule has 14 heteroatoms. The third-order valence-corrected chi connectivity index (χ3v) is 5.94. The van der Waals surface area contributed by atoms with Gasteiger partial charge < -0.3 is 27.1 Å². The Bertz CT molecular complexity index is 1190. The van der Waals surface area contributed by atoms with Crippen LogP contribution < -0.4 is 21.7 Å². The maximum atomic E-state index is 13.1. The number of nitrogens with zero attached hydrogens (tertiary/aromatic N) is 2. The molecule has 1 atom stereocenters. The van der Waals surface area contributed by atoms with E-state index in [0.717, 1.165) is 30.2 Å². The lowest BCUT2D eigenvalue weighted by atomic mass is 10.2. The van der Waals surface area contributed by atoms with Crippen LogP contribution in [0.15, 0.2) is 47.1 Å². The van der Waals surface area contributed by atoms with Crippen molar-refractivity contribution in [1.82, 2.24) is 15.3 Å². The predicted molar refractivity (Wildman–Crippen MR) is 130 cm³/mol. The van der Waals surface area contributed by atoms with Gasteiger partial charge in [0.1, 0.15) is 17.8 Å². The van der Waals surface area contributed by atoms with Crippen molar-refractivity contribution in [3.63, 3.8) is 0 Å². The molecule has 9 nitrogen and oxygen atoms in total. The van der Waals surface area contributed by atoms with Crippen LogP contribution in [0.3, 0.4) is 0 Å². The molecule has 0 saturated carbocycles. The molecule has 1 unspecified atom stereocenters. The largest absolute Gasteiger partial charge is 0.417 e. The average Bonchev–Trinajstić information content (AvgIpc) is 2.81. The summed E-state index contributed by atoms with van der Waals surface area (Å²) in [6.07, 6.45) is -1.62. The number of thioether (sulfide) groups is 1. The molecule has 1 heterocycles. The van der Waals surface area contributed by atoms with E-state index in [1.54, 1.807) is 14.0 Å². The first-order valence-corrected chi connectivity index (χ1v) is 10.9. The predicted octanol–water partition coefficient (Wildman–Crippen LogP) is 3.99. The minimum absolute atomic E-state index is 0.0421. The summed E-state index contributed by atoms with van der Waals surface area (Å²) >= 11 is 6.42. The van der Waals surface area contributed by atoms with Crippen LogP contribution in [0.5, 0.6) is 0 Å². The summed E-state index contributed by atoms with van der Waals surface area (Å²) in [4.78, 5) is 33.3. The van der Waals surface area contributed by atoms with Crippen LogP contribution in [-0.2, 0) is 11.0 Å². The van der Waals surface area contributed by atoms with Crippen molar-refractivity contribution >= 4 is 52.9 Å². The van der Waals surface area contributed by atoms with Gasteiger partial charge in [0.15, 0.2) is 0 Å². The Morgan fingerprint density at radius 2 is 2.00 bits per heavy atom. The van der Waals surface area contributed by atoms with Crippen molar-refractivity contribution in [1.29, 1.82) is 5.41 Å². The normalized spacial score (nSPS) is 12.5. The second kappa shape index (κ2) is 11.7. The van der Waals surface area contributed by atoms with Gasteiger partial charge in [-0.05, 0) is 25.1 Å². The monoisotopic (exact) mass is 527 g/mol. The average molecular weight is 528 g/mol. The van der Waals surface area contributed by atoms with E-state index in [1.807, 2.05) is 0 Å². The Kier molecular flexibility index (Phi) is 9.25. The maximum Gasteiger partial charge on any atom is 0.417 e. The molecule has 2 rings (SSSR count). The third-order valence-electron chi connectivity index (χ3n) is 4.46. The molecule has 0 bridgehead atoms. The Balaban J connectivity index is 2.09. The van der Waals surface area contributed by atoms with Gasteiger partial charge in [0.2, 0.25) is 0 Å². The summed E-state index contributed by atoms with van der Waals surface area (Å²) < 4.78 is 39.2. The fourth-order valence-corrected chi connectivity index (χ4v) is 3.61. The third kappa shape index (κ3) is 6.96. The van der Waals surface area contributed by atoms with E-state index in [9.17, 15) is 22.8 Å². The Labute approximate surface area is 207 Å². The number of carbonyl (C=O) groups is 2. The molecule has 0 radical (unpaired) electrons. The van der Waals surface area contributed by atoms with Crippen LogP contribution in [-0.4, -0.2) is 41.1 Å². The van der Waals surface area contributed by atoms with Crippen molar-refractivity contribution in [3.8, 4) is 0 Å². The Morgan fingerprint density at radius 1 is 1.31 bits per heavy atom. The first-order chi connectivity index (χ1) is 16.4. The van der Waals surface area contributed by atoms with Crippen LogP contribution in [0.1, 0.15) is 28.5 Å². The van der Waals surface area contributed by atoms with E-state index in [2.05, 4.69) is 32.5 Å². The lowest BCUT2D eigenvalue weighted by Gasteiger charge is -2.18. The molecule has 1 aromatic carbocycles. The van der Waals surface area contributed by atoms with E-state index in [4.69, 9.17) is 22.7 Å². The number of nitrogens with one attached hydrogen (secondary N) is 4. The number of benzene rings is 1. The number of rotatable bonds is 9. The number of hydrogen-bond acceptors (Lipinski definition) is 8. The van der Waals surface area contributed by atoms with Crippen LogP contribution in [0, 0.1) is 5.41 Å². The number of alkyl halides is 3. The summed E-state index contributed by atoms with van der Waals surface area (Å²) in [5.74, 6) is -1.10. The van der Waals surface area contributed by atoms with E-state index >= 15 is 0 Å². The van der Waals surface area contributed by atoms with Gasteiger partial charge in [0, 0.05) is 30.1 Å². The molecule has 0 fully saturated rings. The van der Waals surface area contributed by atoms with Crippen LogP contribution in [0.4, 0.5) is 24.7 Å². The van der Waals surface area contributed by atoms with Gasteiger partial charge >= 0.3 is 6.18 Å². The number of aromatic nitrogens is 2. The first-order valence-electron chi connectivity index (χ1n) is 9.73. The molecule has 2 aromatic rings. The fraction of sp³-hybridized carbons (Fsp3) is 0.190. The summed E-state index contributed by atoms with van der Waals surface area (Å²) in [5, 5.41) is 14.8. The van der Waals surface area contributed by atoms with Crippen LogP contribution >= 0.6 is 23.4 Å². The number of carbonyl (C=O) groups excluding carboxylic acids is 2. The second-order valence-corrected chi connectivity index (χ2v) is 8.40. The smallest absolute Gasteiger partial charge is 0.404 e. The first kappa shape index (κ1) is 27.7. The molecule has 0 saturated heterocycles. The Hall–Kier alpha value is -3.58. The Morgan fingerprint density at radius 3 is 2.57 bits per heavy atom. The van der Waals surface area contributed by atoms with Gasteiger partial charge in [-0.3, -0.25) is 9.59 Å². The van der Waals surface area contributed by atoms with E-state index < -0.39 is 34.6 Å². The van der Waals surface area contributed by atoms with Crippen molar-refractivity contribution in [2.45, 2.75) is 19.1 Å². The van der Waals surface area contributed by atoms with E-state index in [0.29, 0.717) is 16.8 Å². The minimum atomic E-state index is -4.70. The van der Waals surface area contributed by atoms with Gasteiger partial charge in [-0.25, -0.2) is 9.97 Å². The van der Waals surface area contributed by atoms with E-state index in [-0.39, 0.29) is 21.8 Å². The van der Waals surface area contributed by atoms with Gasteiger partial charge in [0.25, 0.3) is 11.8 Å². The number of hydrogen-bond donors (Lipinski definition) is 5. The zero-order chi connectivity index (χ0) is 26.3. The number of halogens is 4. The molecular formula is C21H21ClF3N7O2S. The lowest BCUT2D eigenvalue weighted by Crippen LogP contribution is -2.34. The minimum Gasteiger partial charge on any atom is -0.404 e. The zero-order valence-electron chi connectivity index (χ0n) is 18.5. The molecule has 186 valence electrons. The molecule has 2 amide bonds. The molecule has 1 aromatic heterocycles. The van der Waals surface area contributed by atoms with Crippen molar-refractivity contribution < 1.29 is 22.8 Å². The second-order valence-electron chi connectivity index (χ2n) is 6.82. The molecule has 0 aliphatic rings. The number of amides is 2. The van der Waals surface area contributed by atoms with Gasteiger partial charge in [-0.2, -0.15) is 13.2 Å². The standard InChI is InChI=1S/C21H21ClF3N7O2S/c1-10(31-20(34)17-13(7-26)18(28-3)30-9-29-17)11(2)35-16(8-27)19(33)32-12-4-5-15(22)14(6-12)21(23,24)25/h4-10,26H,2,27H2,1,3H3,(H,31,34)(H,32,33)(H,28,29,30)/b16-8-,26-7?. The molecule has 0 aliphatic carbocycles. The molecule has 0 aliphatic heterocycles. The topological polar surface area (TPSA) is 146 Å². The molecular weight excluding hydrogens is 507 g/mol. The summed E-state index contributed by atoms with van der Waals surface area (Å²) in [6.45, 7) is 5.42. The van der Waals surface area contributed by atoms with Crippen molar-refractivity contribution in [3.05, 3.63) is 69.0 Å². The zero-order valence-corrected chi connectivity index (χ0v) is 20.0. The fourth-order valence-electron chi connectivity index (χ4n) is 2.66. The molecule has 35 heavy (non-hydrogen) atoms. The number of nitrogens with two attached hydrogens (primary N) is 1. The highest BCUT2D eigenvalue weighted by Gasteiger charge is 2.33. The summed E-state index contributed by atoms with van der Waals surface area (Å²) in [5.41, 5.74) is 4.44. The number of anilines is 2. The SMILES string of the molecule is C=C(S/C(=C\N)C(=O)Nc1ccc(Cl)c(C(F)(F)F)c1)C(C)NC(=O)c1ncnc(NC)c1C=N. The van der Waals surface area contributed by atoms with Crippen LogP contribution in [0.25, 0.3) is 0 Å². The molecule has 0 spiro atoms. The highest BCUT2D eigenvalue weighted by Crippen LogP contribution is 2.36. The summed E-state index contributed by atoms with van der Waals surface area (Å²) in [6, 6.07) is 2.26. The lowest BCUT2D eigenvalue weighted by molar-refractivity contribution is -0.137. The van der Waals surface area contributed by atoms with Gasteiger partial charge in [0.05, 0.1) is 27.1 Å². The van der Waals surface area contributed by atoms with Gasteiger partial charge in [-0.15, -0.1) is 0 Å². The summed E-state index contributed by atoms with van der Waals surface area (Å²) in [7, 11) is 1.58. The van der Waals surface area contributed by atoms with Crippen molar-refractivity contribution in [2.75, 3.05) is 17.7 Å². The van der Waals surface area contributed by atoms with E-state index in [1.165, 1.54) is 12.4 Å². The van der Waals surface area contributed by atoms with Gasteiger partial charge in [-0.1, -0.05) is 29.9 Å². The quantitative estimate of drug-likeness (QED) is 0.245. The maximum absolute atomic E-state index is 13.1. The van der Waals surface area contributed by atoms with Crippen LogP contribution in [0.2, 0.25) is 5.02 Å². The highest BCUT2D eigenvalue weighted by atomic mass is 35.5. The highest BCUT2D eigenvalue weighted by molar-refractivity contribution is 8.07. The van der Waals surface area contributed by atoms with Crippen molar-refractivity contribution in [2.24, 2.45) is 5.73 Å².